The van der Waals surface area contributed by atoms with E-state index >= 15 is 0 Å². The molecule has 1 aromatic heterocycles. The molecule has 1 rings (SSSR count). The molecule has 0 radical (unpaired) electrons. The molecule has 0 aliphatic carbocycles. The Hall–Kier alpha value is -1.25. The van der Waals surface area contributed by atoms with E-state index in [4.69, 9.17) is 4.74 Å². The molecule has 0 spiro atoms. The van der Waals surface area contributed by atoms with Gasteiger partial charge in [-0.15, -0.1) is 0 Å². The average Bonchev–Trinajstić information content (AvgIpc) is 2.52. The van der Waals surface area contributed by atoms with Gasteiger partial charge in [0, 0.05) is 11.9 Å². The van der Waals surface area contributed by atoms with Crippen molar-refractivity contribution in [2.45, 2.75) is 26.7 Å². The van der Waals surface area contributed by atoms with Crippen LogP contribution in [0.4, 0.5) is 0 Å². The number of nitrogens with one attached hydrogen (secondary N) is 1. The lowest BCUT2D eigenvalue weighted by atomic mass is 10.1. The van der Waals surface area contributed by atoms with Crippen LogP contribution in [0.1, 0.15) is 42.7 Å². The fraction of sp³-hybridized carbons (Fsp3) is 0.500. The van der Waals surface area contributed by atoms with Gasteiger partial charge in [0.1, 0.15) is 0 Å². The first-order chi connectivity index (χ1) is 6.16. The van der Waals surface area contributed by atoms with Crippen molar-refractivity contribution in [1.82, 2.24) is 4.98 Å². The van der Waals surface area contributed by atoms with Crippen LogP contribution in [0.2, 0.25) is 0 Å². The van der Waals surface area contributed by atoms with Gasteiger partial charge in [-0.05, 0) is 18.9 Å². The van der Waals surface area contributed by atoms with Crippen LogP contribution in [-0.4, -0.2) is 17.6 Å². The fourth-order valence-corrected chi connectivity index (χ4v) is 1.25. The number of aromatic nitrogens is 1. The van der Waals surface area contributed by atoms with Crippen molar-refractivity contribution in [2.24, 2.45) is 0 Å². The number of rotatable bonds is 3. The molecule has 0 bridgehead atoms. The second-order valence-corrected chi connectivity index (χ2v) is 3.18. The lowest BCUT2D eigenvalue weighted by Crippen LogP contribution is -2.07. The maximum absolute atomic E-state index is 11.4. The fourth-order valence-electron chi connectivity index (χ4n) is 1.25. The van der Waals surface area contributed by atoms with Crippen LogP contribution in [0, 0.1) is 0 Å². The minimum Gasteiger partial charge on any atom is -0.462 e. The van der Waals surface area contributed by atoms with Crippen LogP contribution < -0.4 is 0 Å². The first kappa shape index (κ1) is 9.84. The molecule has 72 valence electrons. The highest BCUT2D eigenvalue weighted by molar-refractivity contribution is 5.90. The summed E-state index contributed by atoms with van der Waals surface area (Å²) >= 11 is 0. The van der Waals surface area contributed by atoms with Crippen LogP contribution in [-0.2, 0) is 4.74 Å². The molecule has 1 heterocycles. The number of H-pyrrole nitrogens is 1. The molecule has 1 aromatic rings. The SMILES string of the molecule is CCOC(=O)c1cc[nH]c1C(C)C. The van der Waals surface area contributed by atoms with Crippen LogP contribution in [0.3, 0.4) is 0 Å². The molecule has 0 fully saturated rings. The van der Waals surface area contributed by atoms with Crippen LogP contribution in [0.25, 0.3) is 0 Å². The van der Waals surface area contributed by atoms with E-state index in [1.165, 1.54) is 0 Å². The standard InChI is InChI=1S/C10H15NO2/c1-4-13-10(12)8-5-6-11-9(8)7(2)3/h5-7,11H,4H2,1-3H3. The second kappa shape index (κ2) is 4.12. The molecule has 0 unspecified atom stereocenters. The first-order valence-corrected chi connectivity index (χ1v) is 4.51. The van der Waals surface area contributed by atoms with Crippen molar-refractivity contribution in [1.29, 1.82) is 0 Å². The Balaban J connectivity index is 2.87. The molecule has 0 saturated heterocycles. The summed E-state index contributed by atoms with van der Waals surface area (Å²) in [6, 6.07) is 1.76. The van der Waals surface area contributed by atoms with E-state index in [0.29, 0.717) is 18.1 Å². The van der Waals surface area contributed by atoms with Gasteiger partial charge in [0.05, 0.1) is 12.2 Å². The number of esters is 1. The molecule has 1 N–H and O–H groups in total. The summed E-state index contributed by atoms with van der Waals surface area (Å²) in [5.74, 6) is 0.0712. The van der Waals surface area contributed by atoms with Crippen molar-refractivity contribution >= 4 is 5.97 Å². The van der Waals surface area contributed by atoms with Gasteiger partial charge in [-0.25, -0.2) is 4.79 Å². The van der Waals surface area contributed by atoms with Crippen molar-refractivity contribution in [3.8, 4) is 0 Å². The van der Waals surface area contributed by atoms with E-state index in [0.717, 1.165) is 5.69 Å². The Morgan fingerprint density at radius 3 is 2.85 bits per heavy atom. The number of carbonyl (C=O) groups is 1. The molecule has 0 aliphatic rings. The number of carbonyl (C=O) groups excluding carboxylic acids is 1. The largest absolute Gasteiger partial charge is 0.462 e. The quantitative estimate of drug-likeness (QED) is 0.727. The summed E-state index contributed by atoms with van der Waals surface area (Å²) in [4.78, 5) is 14.4. The van der Waals surface area contributed by atoms with Crippen LogP contribution >= 0.6 is 0 Å². The molecular formula is C10H15NO2. The van der Waals surface area contributed by atoms with E-state index in [9.17, 15) is 4.79 Å². The summed E-state index contributed by atoms with van der Waals surface area (Å²) in [5.41, 5.74) is 1.59. The monoisotopic (exact) mass is 181 g/mol. The molecule has 0 aromatic carbocycles. The first-order valence-electron chi connectivity index (χ1n) is 4.51. The molecular weight excluding hydrogens is 166 g/mol. The van der Waals surface area contributed by atoms with Crippen molar-refractivity contribution in [2.75, 3.05) is 6.61 Å². The zero-order valence-corrected chi connectivity index (χ0v) is 8.26. The van der Waals surface area contributed by atoms with Crippen molar-refractivity contribution in [3.05, 3.63) is 23.5 Å². The topological polar surface area (TPSA) is 42.1 Å². The smallest absolute Gasteiger partial charge is 0.339 e. The van der Waals surface area contributed by atoms with Gasteiger partial charge < -0.3 is 9.72 Å². The molecule has 0 saturated carbocycles. The highest BCUT2D eigenvalue weighted by atomic mass is 16.5. The highest BCUT2D eigenvalue weighted by Gasteiger charge is 2.15. The Labute approximate surface area is 78.1 Å². The van der Waals surface area contributed by atoms with Crippen LogP contribution in [0.15, 0.2) is 12.3 Å². The summed E-state index contributed by atoms with van der Waals surface area (Å²) in [7, 11) is 0. The number of ether oxygens (including phenoxy) is 1. The van der Waals surface area contributed by atoms with Gasteiger partial charge in [0.15, 0.2) is 0 Å². The Kier molecular flexibility index (Phi) is 3.12. The summed E-state index contributed by atoms with van der Waals surface area (Å²) in [6.07, 6.45) is 1.77. The van der Waals surface area contributed by atoms with E-state index in [1.54, 1.807) is 19.2 Å². The predicted octanol–water partition coefficient (Wildman–Crippen LogP) is 2.31. The van der Waals surface area contributed by atoms with Crippen LogP contribution in [0.5, 0.6) is 0 Å². The molecule has 3 nitrogen and oxygen atoms in total. The van der Waals surface area contributed by atoms with E-state index < -0.39 is 0 Å². The predicted molar refractivity (Wildman–Crippen MR) is 50.8 cm³/mol. The van der Waals surface area contributed by atoms with Gasteiger partial charge in [0.2, 0.25) is 0 Å². The van der Waals surface area contributed by atoms with Gasteiger partial charge >= 0.3 is 5.97 Å². The highest BCUT2D eigenvalue weighted by Crippen LogP contribution is 2.17. The van der Waals surface area contributed by atoms with E-state index in [-0.39, 0.29) is 5.97 Å². The molecule has 3 heteroatoms. The van der Waals surface area contributed by atoms with Gasteiger partial charge in [-0.2, -0.15) is 0 Å². The van der Waals surface area contributed by atoms with E-state index in [2.05, 4.69) is 4.98 Å². The summed E-state index contributed by atoms with van der Waals surface area (Å²) < 4.78 is 4.92. The maximum Gasteiger partial charge on any atom is 0.339 e. The molecule has 0 amide bonds. The number of aromatic amines is 1. The molecule has 13 heavy (non-hydrogen) atoms. The Bertz CT molecular complexity index is 289. The zero-order chi connectivity index (χ0) is 9.84. The van der Waals surface area contributed by atoms with Gasteiger partial charge in [-0.3, -0.25) is 0 Å². The minimum absolute atomic E-state index is 0.243. The molecule has 0 aliphatic heterocycles. The summed E-state index contributed by atoms with van der Waals surface area (Å²) in [5, 5.41) is 0. The molecule has 0 atom stereocenters. The van der Waals surface area contributed by atoms with E-state index in [1.807, 2.05) is 13.8 Å². The normalized spacial score (nSPS) is 10.5. The number of hydrogen-bond donors (Lipinski definition) is 1. The Morgan fingerprint density at radius 2 is 2.31 bits per heavy atom. The minimum atomic E-state index is -0.243. The third kappa shape index (κ3) is 2.11. The Morgan fingerprint density at radius 1 is 1.62 bits per heavy atom. The summed E-state index contributed by atoms with van der Waals surface area (Å²) in [6.45, 7) is 6.30. The van der Waals surface area contributed by atoms with Gasteiger partial charge in [0.25, 0.3) is 0 Å². The van der Waals surface area contributed by atoms with Crippen molar-refractivity contribution in [3.63, 3.8) is 0 Å². The van der Waals surface area contributed by atoms with Crippen molar-refractivity contribution < 1.29 is 9.53 Å². The maximum atomic E-state index is 11.4. The lowest BCUT2D eigenvalue weighted by Gasteiger charge is -2.06. The third-order valence-electron chi connectivity index (χ3n) is 1.85. The second-order valence-electron chi connectivity index (χ2n) is 3.18. The zero-order valence-electron chi connectivity index (χ0n) is 8.26. The third-order valence-corrected chi connectivity index (χ3v) is 1.85. The number of hydrogen-bond acceptors (Lipinski definition) is 2. The lowest BCUT2D eigenvalue weighted by molar-refractivity contribution is 0.0525. The van der Waals surface area contributed by atoms with Gasteiger partial charge in [-0.1, -0.05) is 13.8 Å². The average molecular weight is 181 g/mol.